The lowest BCUT2D eigenvalue weighted by Gasteiger charge is -2.27. The normalized spacial score (nSPS) is 19.5. The molecular weight excluding hydrogens is 364 g/mol. The topological polar surface area (TPSA) is 60.3 Å². The Hall–Kier alpha value is -2.27. The van der Waals surface area contributed by atoms with Gasteiger partial charge in [-0.1, -0.05) is 49.6 Å². The van der Waals surface area contributed by atoms with Crippen LogP contribution in [0.2, 0.25) is 5.02 Å². The van der Waals surface area contributed by atoms with E-state index >= 15 is 0 Å². The van der Waals surface area contributed by atoms with Crippen molar-refractivity contribution < 1.29 is 9.53 Å². The molecule has 0 aliphatic heterocycles. The lowest BCUT2D eigenvalue weighted by atomic mass is 9.87. The summed E-state index contributed by atoms with van der Waals surface area (Å²) in [4.78, 5) is 25.0. The molecule has 1 aromatic carbocycles. The molecule has 27 heavy (non-hydrogen) atoms. The first kappa shape index (κ1) is 19.5. The lowest BCUT2D eigenvalue weighted by Crippen LogP contribution is -2.40. The number of carbonyl (C=O) groups is 1. The number of hydrogen-bond donors (Lipinski definition) is 1. The van der Waals surface area contributed by atoms with Gasteiger partial charge >= 0.3 is 0 Å². The van der Waals surface area contributed by atoms with Crippen molar-refractivity contribution >= 4 is 17.5 Å². The zero-order chi connectivity index (χ0) is 19.2. The van der Waals surface area contributed by atoms with E-state index in [9.17, 15) is 9.59 Å². The molecule has 6 heteroatoms. The third-order valence-corrected chi connectivity index (χ3v) is 5.28. The number of nitrogens with one attached hydrogen (secondary N) is 1. The number of ether oxygens (including phenoxy) is 1. The summed E-state index contributed by atoms with van der Waals surface area (Å²) in [5, 5.41) is 3.61. The zero-order valence-corrected chi connectivity index (χ0v) is 16.2. The highest BCUT2D eigenvalue weighted by molar-refractivity contribution is 6.32. The number of aromatic nitrogens is 1. The fourth-order valence-corrected chi connectivity index (χ4v) is 3.77. The summed E-state index contributed by atoms with van der Waals surface area (Å²) in [6.45, 7) is 2.73. The van der Waals surface area contributed by atoms with Crippen LogP contribution in [0.5, 0.6) is 5.75 Å². The van der Waals surface area contributed by atoms with E-state index in [2.05, 4.69) is 12.2 Å². The number of para-hydroxylation sites is 1. The minimum atomic E-state index is -0.220. The van der Waals surface area contributed by atoms with Gasteiger partial charge in [0.1, 0.15) is 18.1 Å². The molecule has 3 rings (SSSR count). The van der Waals surface area contributed by atoms with E-state index in [1.54, 1.807) is 24.3 Å². The van der Waals surface area contributed by atoms with Crippen molar-refractivity contribution in [2.24, 2.45) is 5.92 Å². The van der Waals surface area contributed by atoms with Crippen LogP contribution in [0, 0.1) is 5.92 Å². The average Bonchev–Trinajstić information content (AvgIpc) is 2.64. The maximum atomic E-state index is 12.7. The van der Waals surface area contributed by atoms with Gasteiger partial charge in [0.05, 0.1) is 11.6 Å². The molecule has 5 nitrogen and oxygen atoms in total. The molecule has 1 aliphatic rings. The number of amides is 1. The summed E-state index contributed by atoms with van der Waals surface area (Å²) in [7, 11) is 0. The monoisotopic (exact) mass is 388 g/mol. The Morgan fingerprint density at radius 2 is 2.04 bits per heavy atom. The second kappa shape index (κ2) is 9.09. The molecule has 1 aromatic heterocycles. The predicted octanol–water partition coefficient (Wildman–Crippen LogP) is 3.89. The Morgan fingerprint density at radius 1 is 1.22 bits per heavy atom. The Bertz CT molecular complexity index is 849. The van der Waals surface area contributed by atoms with Crippen LogP contribution in [-0.4, -0.2) is 23.1 Å². The maximum absolute atomic E-state index is 12.7. The molecule has 1 saturated carbocycles. The second-order valence-electron chi connectivity index (χ2n) is 7.12. The van der Waals surface area contributed by atoms with Gasteiger partial charge in [-0.2, -0.15) is 0 Å². The van der Waals surface area contributed by atoms with Gasteiger partial charge in [0.2, 0.25) is 0 Å². The Balaban J connectivity index is 1.67. The van der Waals surface area contributed by atoms with Gasteiger partial charge < -0.3 is 14.6 Å². The highest BCUT2D eigenvalue weighted by Crippen LogP contribution is 2.24. The minimum absolute atomic E-state index is 0.171. The molecule has 1 heterocycles. The van der Waals surface area contributed by atoms with Crippen LogP contribution in [0.4, 0.5) is 0 Å². The minimum Gasteiger partial charge on any atom is -0.490 e. The fourth-order valence-electron chi connectivity index (χ4n) is 3.58. The van der Waals surface area contributed by atoms with Crippen LogP contribution in [0.1, 0.15) is 43.1 Å². The molecule has 1 N–H and O–H groups in total. The van der Waals surface area contributed by atoms with Crippen LogP contribution in [0.3, 0.4) is 0 Å². The summed E-state index contributed by atoms with van der Waals surface area (Å²) >= 11 is 6.08. The molecular formula is C21H25ClN2O3. The van der Waals surface area contributed by atoms with Gasteiger partial charge in [-0.05, 0) is 37.0 Å². The largest absolute Gasteiger partial charge is 0.490 e. The number of rotatable bonds is 6. The third-order valence-electron chi connectivity index (χ3n) is 4.96. The van der Waals surface area contributed by atoms with Crippen LogP contribution in [0.15, 0.2) is 47.3 Å². The van der Waals surface area contributed by atoms with Crippen LogP contribution >= 0.6 is 11.6 Å². The number of halogens is 1. The first-order valence-corrected chi connectivity index (χ1v) is 9.80. The van der Waals surface area contributed by atoms with E-state index in [1.165, 1.54) is 17.1 Å². The van der Waals surface area contributed by atoms with Gasteiger partial charge in [0.25, 0.3) is 11.5 Å². The maximum Gasteiger partial charge on any atom is 0.268 e. The molecule has 0 unspecified atom stereocenters. The number of carbonyl (C=O) groups excluding carboxylic acids is 1. The lowest BCUT2D eigenvalue weighted by molar-refractivity contribution is 0.0909. The number of pyridine rings is 1. The van der Waals surface area contributed by atoms with Crippen molar-refractivity contribution in [3.63, 3.8) is 0 Å². The van der Waals surface area contributed by atoms with Crippen molar-refractivity contribution in [1.29, 1.82) is 0 Å². The molecule has 0 bridgehead atoms. The van der Waals surface area contributed by atoms with Gasteiger partial charge in [-0.15, -0.1) is 0 Å². The van der Waals surface area contributed by atoms with Crippen LogP contribution < -0.4 is 15.6 Å². The van der Waals surface area contributed by atoms with Gasteiger partial charge in [-0.25, -0.2) is 0 Å². The zero-order valence-electron chi connectivity index (χ0n) is 15.5. The predicted molar refractivity (Wildman–Crippen MR) is 107 cm³/mol. The summed E-state index contributed by atoms with van der Waals surface area (Å²) in [5.41, 5.74) is 0.144. The molecule has 1 aliphatic carbocycles. The standard InChI is InChI=1S/C21H25ClN2O3/c1-15-6-4-7-16(14-15)23-21(26)18-9-5-11-20(25)24(18)12-13-27-19-10-3-2-8-17(19)22/h2-3,5,8-11,15-16H,4,6-7,12-14H2,1H3,(H,23,26)/t15-,16-/m1/s1. The first-order valence-electron chi connectivity index (χ1n) is 9.42. The summed E-state index contributed by atoms with van der Waals surface area (Å²) < 4.78 is 7.13. The highest BCUT2D eigenvalue weighted by atomic mass is 35.5. The van der Waals surface area contributed by atoms with E-state index in [0.29, 0.717) is 22.4 Å². The summed E-state index contributed by atoms with van der Waals surface area (Å²) in [6, 6.07) is 12.1. The summed E-state index contributed by atoms with van der Waals surface area (Å²) in [5.74, 6) is 0.973. The molecule has 144 valence electrons. The molecule has 2 atom stereocenters. The Morgan fingerprint density at radius 3 is 2.81 bits per heavy atom. The van der Waals surface area contributed by atoms with Gasteiger partial charge in [-0.3, -0.25) is 9.59 Å². The third kappa shape index (κ3) is 5.13. The number of nitrogens with zero attached hydrogens (tertiary/aromatic N) is 1. The van der Waals surface area contributed by atoms with Gasteiger partial charge in [0.15, 0.2) is 0 Å². The number of benzene rings is 1. The van der Waals surface area contributed by atoms with E-state index in [4.69, 9.17) is 16.3 Å². The molecule has 0 saturated heterocycles. The van der Waals surface area contributed by atoms with Crippen molar-refractivity contribution in [3.8, 4) is 5.75 Å². The van der Waals surface area contributed by atoms with E-state index < -0.39 is 0 Å². The SMILES string of the molecule is C[C@@H]1CCC[C@@H](NC(=O)c2cccc(=O)n2CCOc2ccccc2Cl)C1. The van der Waals surface area contributed by atoms with E-state index in [-0.39, 0.29) is 30.7 Å². The molecule has 1 fully saturated rings. The Labute approximate surface area is 164 Å². The van der Waals surface area contributed by atoms with Crippen molar-refractivity contribution in [2.75, 3.05) is 6.61 Å². The fraction of sp³-hybridized carbons (Fsp3) is 0.429. The first-order chi connectivity index (χ1) is 13.0. The second-order valence-corrected chi connectivity index (χ2v) is 7.53. The highest BCUT2D eigenvalue weighted by Gasteiger charge is 2.22. The van der Waals surface area contributed by atoms with Gasteiger partial charge in [0, 0.05) is 12.1 Å². The van der Waals surface area contributed by atoms with Crippen molar-refractivity contribution in [1.82, 2.24) is 9.88 Å². The average molecular weight is 389 g/mol. The van der Waals surface area contributed by atoms with E-state index in [1.807, 2.05) is 12.1 Å². The molecule has 1 amide bonds. The quantitative estimate of drug-likeness (QED) is 0.816. The Kier molecular flexibility index (Phi) is 6.56. The van der Waals surface area contributed by atoms with Crippen molar-refractivity contribution in [2.45, 2.75) is 45.2 Å². The van der Waals surface area contributed by atoms with Crippen LogP contribution in [0.25, 0.3) is 0 Å². The number of hydrogen-bond acceptors (Lipinski definition) is 3. The summed E-state index contributed by atoms with van der Waals surface area (Å²) in [6.07, 6.45) is 4.31. The van der Waals surface area contributed by atoms with Crippen molar-refractivity contribution in [3.05, 3.63) is 63.5 Å². The smallest absolute Gasteiger partial charge is 0.268 e. The molecule has 0 spiro atoms. The van der Waals surface area contributed by atoms with E-state index in [0.717, 1.165) is 19.3 Å². The molecule has 2 aromatic rings. The van der Waals surface area contributed by atoms with Crippen LogP contribution in [-0.2, 0) is 6.54 Å². The molecule has 0 radical (unpaired) electrons.